The Hall–Kier alpha value is -1.99. The molecule has 1 N–H and O–H groups in total. The zero-order chi connectivity index (χ0) is 16.7. The summed E-state index contributed by atoms with van der Waals surface area (Å²) in [6.45, 7) is 6.50. The number of ether oxygens (including phenoxy) is 1. The van der Waals surface area contributed by atoms with E-state index in [0.717, 1.165) is 29.6 Å². The molecular formula is C17H23N5O2. The molecule has 0 aromatic carbocycles. The Morgan fingerprint density at radius 3 is 2.96 bits per heavy atom. The number of carbonyl (C=O) groups excluding carboxylic acids is 1. The summed E-state index contributed by atoms with van der Waals surface area (Å²) in [6.07, 6.45) is 4.07. The van der Waals surface area contributed by atoms with E-state index in [1.807, 2.05) is 10.7 Å². The van der Waals surface area contributed by atoms with Gasteiger partial charge in [0.25, 0.3) is 5.91 Å². The Morgan fingerprint density at radius 2 is 2.21 bits per heavy atom. The fourth-order valence-corrected chi connectivity index (χ4v) is 3.09. The largest absolute Gasteiger partial charge is 0.378 e. The predicted molar refractivity (Wildman–Crippen MR) is 89.7 cm³/mol. The SMILES string of the molecule is CC(C)n1ncc2c(C(=O)N3CCOCCN3)cc(C3CC3)nc21. The van der Waals surface area contributed by atoms with Crippen LogP contribution in [0.2, 0.25) is 0 Å². The minimum atomic E-state index is -0.0295. The minimum absolute atomic E-state index is 0.0295. The molecule has 1 amide bonds. The molecule has 0 atom stereocenters. The molecular weight excluding hydrogens is 306 g/mol. The second kappa shape index (κ2) is 6.14. The first-order chi connectivity index (χ1) is 11.6. The van der Waals surface area contributed by atoms with Crippen molar-refractivity contribution in [1.29, 1.82) is 0 Å². The smallest absolute Gasteiger partial charge is 0.268 e. The van der Waals surface area contributed by atoms with Crippen LogP contribution in [0.4, 0.5) is 0 Å². The maximum absolute atomic E-state index is 13.1. The number of aromatic nitrogens is 3. The van der Waals surface area contributed by atoms with E-state index in [-0.39, 0.29) is 11.9 Å². The summed E-state index contributed by atoms with van der Waals surface area (Å²) in [5.41, 5.74) is 5.66. The molecule has 128 valence electrons. The molecule has 7 heteroatoms. The highest BCUT2D eigenvalue weighted by molar-refractivity contribution is 6.05. The van der Waals surface area contributed by atoms with Gasteiger partial charge < -0.3 is 4.74 Å². The molecule has 0 radical (unpaired) electrons. The summed E-state index contributed by atoms with van der Waals surface area (Å²) < 4.78 is 7.32. The van der Waals surface area contributed by atoms with Crippen LogP contribution in [0.5, 0.6) is 0 Å². The van der Waals surface area contributed by atoms with Crippen LogP contribution >= 0.6 is 0 Å². The van der Waals surface area contributed by atoms with Crippen molar-refractivity contribution in [1.82, 2.24) is 25.2 Å². The Kier molecular flexibility index (Phi) is 3.97. The van der Waals surface area contributed by atoms with Gasteiger partial charge in [-0.05, 0) is 32.8 Å². The van der Waals surface area contributed by atoms with Gasteiger partial charge in [0.1, 0.15) is 0 Å². The first-order valence-corrected chi connectivity index (χ1v) is 8.66. The summed E-state index contributed by atoms with van der Waals surface area (Å²) in [5, 5.41) is 6.94. The number of carbonyl (C=O) groups is 1. The van der Waals surface area contributed by atoms with Crippen molar-refractivity contribution < 1.29 is 9.53 Å². The van der Waals surface area contributed by atoms with Crippen molar-refractivity contribution in [2.45, 2.75) is 38.6 Å². The molecule has 2 aliphatic rings. The first kappa shape index (κ1) is 15.5. The lowest BCUT2D eigenvalue weighted by Crippen LogP contribution is -2.43. The van der Waals surface area contributed by atoms with Gasteiger partial charge in [-0.25, -0.2) is 15.1 Å². The van der Waals surface area contributed by atoms with Crippen LogP contribution in [0.1, 0.15) is 54.7 Å². The maximum atomic E-state index is 13.1. The number of hydrogen-bond acceptors (Lipinski definition) is 5. The van der Waals surface area contributed by atoms with Gasteiger partial charge in [-0.1, -0.05) is 0 Å². The van der Waals surface area contributed by atoms with Gasteiger partial charge in [-0.3, -0.25) is 9.80 Å². The third kappa shape index (κ3) is 2.78. The topological polar surface area (TPSA) is 72.3 Å². The molecule has 1 aliphatic carbocycles. The number of hydrogen-bond donors (Lipinski definition) is 1. The van der Waals surface area contributed by atoms with E-state index in [4.69, 9.17) is 9.72 Å². The Labute approximate surface area is 140 Å². The molecule has 2 aromatic heterocycles. The first-order valence-electron chi connectivity index (χ1n) is 8.66. The van der Waals surface area contributed by atoms with E-state index < -0.39 is 0 Å². The number of amides is 1. The average Bonchev–Trinajstić information content (AvgIpc) is 3.37. The Bertz CT molecular complexity index is 758. The number of rotatable bonds is 3. The maximum Gasteiger partial charge on any atom is 0.268 e. The van der Waals surface area contributed by atoms with Crippen LogP contribution in [-0.4, -0.2) is 52.0 Å². The fraction of sp³-hybridized carbons (Fsp3) is 0.588. The van der Waals surface area contributed by atoms with Gasteiger partial charge in [-0.2, -0.15) is 5.10 Å². The summed E-state index contributed by atoms with van der Waals surface area (Å²) in [7, 11) is 0. The van der Waals surface area contributed by atoms with E-state index in [9.17, 15) is 4.79 Å². The molecule has 1 saturated carbocycles. The van der Waals surface area contributed by atoms with Crippen LogP contribution in [0.3, 0.4) is 0 Å². The van der Waals surface area contributed by atoms with Crippen LogP contribution < -0.4 is 5.43 Å². The standard InChI is InChI=1S/C17H23N5O2/c1-11(2)22-16-14(10-19-22)13(9-15(20-16)12-3-4-12)17(23)21-6-8-24-7-5-18-21/h9-12,18H,3-8H2,1-2H3. The molecule has 0 bridgehead atoms. The van der Waals surface area contributed by atoms with Crippen molar-refractivity contribution in [3.05, 3.63) is 23.5 Å². The van der Waals surface area contributed by atoms with Crippen molar-refractivity contribution in [3.63, 3.8) is 0 Å². The number of hydrazine groups is 1. The Morgan fingerprint density at radius 1 is 1.38 bits per heavy atom. The molecule has 2 fully saturated rings. The fourth-order valence-electron chi connectivity index (χ4n) is 3.09. The highest BCUT2D eigenvalue weighted by Crippen LogP contribution is 2.40. The van der Waals surface area contributed by atoms with Gasteiger partial charge in [0.05, 0.1) is 36.9 Å². The van der Waals surface area contributed by atoms with E-state index in [0.29, 0.717) is 37.8 Å². The second-order valence-corrected chi connectivity index (χ2v) is 6.77. The summed E-state index contributed by atoms with van der Waals surface area (Å²) >= 11 is 0. The third-order valence-corrected chi connectivity index (χ3v) is 4.56. The molecule has 3 heterocycles. The lowest BCUT2D eigenvalue weighted by atomic mass is 10.1. The molecule has 1 saturated heterocycles. The lowest BCUT2D eigenvalue weighted by Gasteiger charge is -2.21. The van der Waals surface area contributed by atoms with Crippen LogP contribution in [0.25, 0.3) is 11.0 Å². The van der Waals surface area contributed by atoms with E-state index in [2.05, 4.69) is 24.4 Å². The summed E-state index contributed by atoms with van der Waals surface area (Å²) in [6, 6.07) is 2.17. The van der Waals surface area contributed by atoms with Crippen molar-refractivity contribution >= 4 is 16.9 Å². The van der Waals surface area contributed by atoms with Crippen molar-refractivity contribution in [2.75, 3.05) is 26.3 Å². The molecule has 4 rings (SSSR count). The highest BCUT2D eigenvalue weighted by Gasteiger charge is 2.29. The van der Waals surface area contributed by atoms with Gasteiger partial charge >= 0.3 is 0 Å². The zero-order valence-electron chi connectivity index (χ0n) is 14.2. The third-order valence-electron chi connectivity index (χ3n) is 4.56. The molecule has 0 spiro atoms. The summed E-state index contributed by atoms with van der Waals surface area (Å²) in [5.74, 6) is 0.454. The predicted octanol–water partition coefficient (Wildman–Crippen LogP) is 1.87. The highest BCUT2D eigenvalue weighted by atomic mass is 16.5. The van der Waals surface area contributed by atoms with Crippen molar-refractivity contribution in [2.24, 2.45) is 0 Å². The second-order valence-electron chi connectivity index (χ2n) is 6.77. The normalized spacial score (nSPS) is 19.0. The lowest BCUT2D eigenvalue weighted by molar-refractivity contribution is 0.0662. The van der Waals surface area contributed by atoms with Gasteiger partial charge in [0.2, 0.25) is 0 Å². The van der Waals surface area contributed by atoms with Gasteiger partial charge in [-0.15, -0.1) is 0 Å². The minimum Gasteiger partial charge on any atom is -0.378 e. The quantitative estimate of drug-likeness (QED) is 0.931. The number of pyridine rings is 1. The van der Waals surface area contributed by atoms with E-state index >= 15 is 0 Å². The summed E-state index contributed by atoms with van der Waals surface area (Å²) in [4.78, 5) is 17.9. The molecule has 24 heavy (non-hydrogen) atoms. The van der Waals surface area contributed by atoms with Crippen LogP contribution in [0.15, 0.2) is 12.3 Å². The zero-order valence-corrected chi connectivity index (χ0v) is 14.2. The molecule has 2 aromatic rings. The number of fused-ring (bicyclic) bond motifs is 1. The van der Waals surface area contributed by atoms with Crippen LogP contribution in [0, 0.1) is 0 Å². The monoisotopic (exact) mass is 329 g/mol. The number of nitrogens with zero attached hydrogens (tertiary/aromatic N) is 4. The average molecular weight is 329 g/mol. The Balaban J connectivity index is 1.79. The van der Waals surface area contributed by atoms with Crippen LogP contribution in [-0.2, 0) is 4.74 Å². The van der Waals surface area contributed by atoms with Gasteiger partial charge in [0.15, 0.2) is 5.65 Å². The van der Waals surface area contributed by atoms with Gasteiger partial charge in [0, 0.05) is 24.2 Å². The molecule has 0 unspecified atom stereocenters. The molecule has 7 nitrogen and oxygen atoms in total. The number of nitrogens with one attached hydrogen (secondary N) is 1. The van der Waals surface area contributed by atoms with E-state index in [1.165, 1.54) is 0 Å². The van der Waals surface area contributed by atoms with Crippen molar-refractivity contribution in [3.8, 4) is 0 Å². The molecule has 1 aliphatic heterocycles. The van der Waals surface area contributed by atoms with E-state index in [1.54, 1.807) is 11.2 Å².